The van der Waals surface area contributed by atoms with E-state index in [0.717, 1.165) is 74.1 Å². The lowest BCUT2D eigenvalue weighted by Gasteiger charge is -2.06. The molecule has 0 unspecified atom stereocenters. The molecule has 6 aromatic heterocycles. The molecule has 0 fully saturated rings. The van der Waals surface area contributed by atoms with Crippen molar-refractivity contribution in [3.8, 4) is 37.9 Å². The van der Waals surface area contributed by atoms with Gasteiger partial charge in [0.15, 0.2) is 15.4 Å². The Bertz CT molecular complexity index is 3300. The van der Waals surface area contributed by atoms with Gasteiger partial charge in [0.05, 0.1) is 48.8 Å². The third-order valence-electron chi connectivity index (χ3n) is 9.59. The van der Waals surface area contributed by atoms with Gasteiger partial charge in [-0.25, -0.2) is 34.3 Å². The maximum Gasteiger partial charge on any atom is 0.321 e. The Hall–Kier alpha value is -7.59. The van der Waals surface area contributed by atoms with Crippen molar-refractivity contribution in [2.24, 2.45) is 0 Å². The van der Waals surface area contributed by atoms with Gasteiger partial charge in [-0.05, 0) is 79.2 Å². The van der Waals surface area contributed by atoms with Crippen molar-refractivity contribution in [3.63, 3.8) is 0 Å². The molecule has 0 radical (unpaired) electrons. The van der Waals surface area contributed by atoms with Crippen LogP contribution >= 0.6 is 45.3 Å². The smallest absolute Gasteiger partial charge is 0.321 e. The number of carbonyl (C=O) groups excluding carboxylic acids is 3. The number of pyridine rings is 1. The number of nitrogens with zero attached hydrogens (tertiary/aromatic N) is 6. The predicted molar refractivity (Wildman–Crippen MR) is 273 cm³/mol. The minimum absolute atomic E-state index is 0.235. The van der Waals surface area contributed by atoms with Gasteiger partial charge in [-0.3, -0.25) is 26.0 Å². The summed E-state index contributed by atoms with van der Waals surface area (Å²) in [6.45, 7) is 7.36. The van der Waals surface area contributed by atoms with E-state index in [9.17, 15) is 14.4 Å². The van der Waals surface area contributed by atoms with Crippen molar-refractivity contribution in [3.05, 3.63) is 110 Å². The standard InChI is InChI=1S/C19H16N4OS.C14H14N4O2S2.C13H13N5OS/c1-2-21-18(24)23-19-22-16-9-12(7-8-17(16)25-19)15-11-20-10-13-5-3-4-6-14(13)15;1-3-15-12(19)18-13-17-9-6-8(4-5-10(9)21-13)11-7-16-14(20-2)22-11;1-2-14-12(19)18-13-17-10-5-8(3-4-11(10)20-13)9-6-15-16-7-9/h3-11H,2H2,1H3,(H2,21,22,23,24);4-7H,3H2,1-2H3,(H2,15,17,18,19);3-7H,2H2,1H3,(H,15,16)(H2,14,17,18,19). The molecule has 4 aromatic carbocycles. The highest BCUT2D eigenvalue weighted by Crippen LogP contribution is 2.36. The molecular formula is C46H43N13O4S4. The van der Waals surface area contributed by atoms with E-state index < -0.39 is 0 Å². The molecule has 0 atom stereocenters. The minimum Gasteiger partial charge on any atom is -0.473 e. The number of thiazole rings is 4. The lowest BCUT2D eigenvalue weighted by atomic mass is 10.0. The van der Waals surface area contributed by atoms with Crippen LogP contribution in [0.15, 0.2) is 110 Å². The summed E-state index contributed by atoms with van der Waals surface area (Å²) in [7, 11) is 1.60. The van der Waals surface area contributed by atoms with Crippen LogP contribution in [0.1, 0.15) is 20.8 Å². The van der Waals surface area contributed by atoms with Gasteiger partial charge in [-0.2, -0.15) is 5.10 Å². The van der Waals surface area contributed by atoms with Gasteiger partial charge in [0.1, 0.15) is 0 Å². The third-order valence-corrected chi connectivity index (χ3v) is 13.5. The summed E-state index contributed by atoms with van der Waals surface area (Å²) in [6, 6.07) is 25.6. The van der Waals surface area contributed by atoms with Crippen LogP contribution in [-0.4, -0.2) is 80.0 Å². The number of urea groups is 3. The highest BCUT2D eigenvalue weighted by molar-refractivity contribution is 7.23. The first-order valence-corrected chi connectivity index (χ1v) is 24.2. The molecule has 0 aliphatic carbocycles. The van der Waals surface area contributed by atoms with Crippen LogP contribution in [0.25, 0.3) is 74.1 Å². The fourth-order valence-electron chi connectivity index (χ4n) is 6.59. The maximum absolute atomic E-state index is 11.7. The molecule has 0 aliphatic rings. The highest BCUT2D eigenvalue weighted by atomic mass is 32.1. The van der Waals surface area contributed by atoms with E-state index in [0.29, 0.717) is 40.2 Å². The fraction of sp³-hybridized carbons (Fsp3) is 0.152. The van der Waals surface area contributed by atoms with Crippen LogP contribution in [-0.2, 0) is 0 Å². The molecule has 0 spiro atoms. The molecule has 10 rings (SSSR count). The maximum atomic E-state index is 11.7. The largest absolute Gasteiger partial charge is 0.473 e. The van der Waals surface area contributed by atoms with Crippen molar-refractivity contribution >= 4 is 120 Å². The number of anilines is 3. The Morgan fingerprint density at radius 1 is 0.582 bits per heavy atom. The molecule has 7 N–H and O–H groups in total. The number of nitrogens with one attached hydrogen (secondary N) is 7. The van der Waals surface area contributed by atoms with E-state index in [1.165, 1.54) is 45.3 Å². The van der Waals surface area contributed by atoms with Gasteiger partial charge < -0.3 is 20.7 Å². The summed E-state index contributed by atoms with van der Waals surface area (Å²) in [6.07, 6.45) is 9.13. The Morgan fingerprint density at radius 2 is 1.10 bits per heavy atom. The van der Waals surface area contributed by atoms with E-state index >= 15 is 0 Å². The first-order valence-electron chi connectivity index (χ1n) is 20.9. The number of carbonyl (C=O) groups is 3. The van der Waals surface area contributed by atoms with Gasteiger partial charge >= 0.3 is 18.1 Å². The van der Waals surface area contributed by atoms with Crippen LogP contribution < -0.4 is 36.6 Å². The first kappa shape index (κ1) is 46.0. The predicted octanol–water partition coefficient (Wildman–Crippen LogP) is 11.1. The Kier molecular flexibility index (Phi) is 14.8. The Morgan fingerprint density at radius 3 is 1.63 bits per heavy atom. The quantitative estimate of drug-likeness (QED) is 0.0686. The zero-order valence-corrected chi connectivity index (χ0v) is 39.7. The second-order valence-corrected chi connectivity index (χ2v) is 18.2. The number of amides is 6. The molecular weight excluding hydrogens is 927 g/mol. The molecule has 17 nitrogen and oxygen atoms in total. The normalized spacial score (nSPS) is 10.7. The highest BCUT2D eigenvalue weighted by Gasteiger charge is 2.13. The number of methoxy groups -OCH3 is 1. The van der Waals surface area contributed by atoms with Crippen LogP contribution in [0, 0.1) is 0 Å². The number of aromatic amines is 1. The number of hydrogen-bond acceptors (Lipinski definition) is 14. The van der Waals surface area contributed by atoms with Gasteiger partial charge in [0.25, 0.3) is 5.19 Å². The minimum atomic E-state index is -0.242. The van der Waals surface area contributed by atoms with Gasteiger partial charge in [0, 0.05) is 60.9 Å². The van der Waals surface area contributed by atoms with E-state index in [1.807, 2.05) is 100 Å². The van der Waals surface area contributed by atoms with Crippen molar-refractivity contribution in [2.75, 3.05) is 42.7 Å². The Balaban J connectivity index is 0.000000137. The van der Waals surface area contributed by atoms with Gasteiger partial charge in [-0.15, -0.1) is 0 Å². The zero-order chi connectivity index (χ0) is 46.7. The SMILES string of the molecule is CCNC(=O)Nc1nc2cc(-c3cn[nH]c3)ccc2s1.CCNC(=O)Nc1nc2cc(-c3cnc(OC)s3)ccc2s1.CCNC(=O)Nc1nc2cc(-c3cncc4ccccc34)ccc2s1. The number of rotatable bonds is 10. The summed E-state index contributed by atoms with van der Waals surface area (Å²) in [5, 5.41) is 27.7. The molecule has 0 saturated carbocycles. The van der Waals surface area contributed by atoms with Crippen molar-refractivity contribution in [1.29, 1.82) is 0 Å². The zero-order valence-electron chi connectivity index (χ0n) is 36.5. The number of ether oxygens (including phenoxy) is 1. The van der Waals surface area contributed by atoms with Crippen molar-refractivity contribution < 1.29 is 19.1 Å². The molecule has 10 aromatic rings. The molecule has 21 heteroatoms. The van der Waals surface area contributed by atoms with Crippen LogP contribution in [0.5, 0.6) is 5.19 Å². The number of H-pyrrole nitrogens is 1. The molecule has 6 heterocycles. The second kappa shape index (κ2) is 21.6. The van der Waals surface area contributed by atoms with Crippen LogP contribution in [0.3, 0.4) is 0 Å². The molecule has 6 amide bonds. The molecule has 340 valence electrons. The molecule has 0 saturated heterocycles. The van der Waals surface area contributed by atoms with E-state index in [-0.39, 0.29) is 18.1 Å². The lowest BCUT2D eigenvalue weighted by Crippen LogP contribution is -2.28. The first-order chi connectivity index (χ1) is 32.7. The Labute approximate surface area is 399 Å². The number of aromatic nitrogens is 7. The van der Waals surface area contributed by atoms with Crippen molar-refractivity contribution in [2.45, 2.75) is 20.8 Å². The van der Waals surface area contributed by atoms with Crippen LogP contribution in [0.4, 0.5) is 29.8 Å². The van der Waals surface area contributed by atoms with Crippen molar-refractivity contribution in [1.82, 2.24) is 51.1 Å². The summed E-state index contributed by atoms with van der Waals surface area (Å²) in [5.41, 5.74) is 7.80. The number of benzene rings is 4. The fourth-order valence-corrected chi connectivity index (χ4v) is 9.84. The van der Waals surface area contributed by atoms with Gasteiger partial charge in [0.2, 0.25) is 0 Å². The van der Waals surface area contributed by atoms with Crippen LogP contribution in [0.2, 0.25) is 0 Å². The summed E-state index contributed by atoms with van der Waals surface area (Å²) in [5.74, 6) is 0. The van der Waals surface area contributed by atoms with E-state index in [2.05, 4.69) is 85.2 Å². The monoisotopic (exact) mass is 969 g/mol. The summed E-state index contributed by atoms with van der Waals surface area (Å²) >= 11 is 5.84. The molecule has 67 heavy (non-hydrogen) atoms. The third kappa shape index (κ3) is 11.4. The number of hydrogen-bond donors (Lipinski definition) is 7. The van der Waals surface area contributed by atoms with E-state index in [4.69, 9.17) is 4.74 Å². The molecule has 0 aliphatic heterocycles. The lowest BCUT2D eigenvalue weighted by molar-refractivity contribution is 0.251. The van der Waals surface area contributed by atoms with E-state index in [1.54, 1.807) is 19.5 Å². The molecule has 0 bridgehead atoms. The topological polar surface area (TPSA) is 226 Å². The summed E-state index contributed by atoms with van der Waals surface area (Å²) in [4.78, 5) is 57.6. The average Bonchev–Trinajstić information content (AvgIpc) is 4.19. The second-order valence-electron chi connectivity index (χ2n) is 14.1. The number of fused-ring (bicyclic) bond motifs is 4. The average molecular weight is 970 g/mol. The summed E-state index contributed by atoms with van der Waals surface area (Å²) < 4.78 is 8.20. The van der Waals surface area contributed by atoms with Gasteiger partial charge in [-0.1, -0.05) is 87.8 Å².